The van der Waals surface area contributed by atoms with E-state index in [0.717, 1.165) is 45.1 Å². The summed E-state index contributed by atoms with van der Waals surface area (Å²) in [5.41, 5.74) is 0.897. The van der Waals surface area contributed by atoms with Gasteiger partial charge >= 0.3 is 6.03 Å². The largest absolute Gasteiger partial charge is 0.381 e. The first kappa shape index (κ1) is 14.0. The summed E-state index contributed by atoms with van der Waals surface area (Å²) in [6, 6.07) is 0.413. The van der Waals surface area contributed by atoms with Crippen molar-refractivity contribution < 1.29 is 9.53 Å². The molecule has 0 saturated carbocycles. The number of nitrogens with one attached hydrogen (secondary N) is 1. The molecule has 3 saturated heterocycles. The van der Waals surface area contributed by atoms with Gasteiger partial charge in [0.2, 0.25) is 0 Å². The number of anilines is 1. The van der Waals surface area contributed by atoms with E-state index in [-0.39, 0.29) is 6.03 Å². The highest BCUT2D eigenvalue weighted by Crippen LogP contribution is 2.26. The number of carbonyl (C=O) groups excluding carboxylic acids is 1. The van der Waals surface area contributed by atoms with Crippen LogP contribution in [-0.2, 0) is 4.74 Å². The summed E-state index contributed by atoms with van der Waals surface area (Å²) in [6.07, 6.45) is 6.28. The predicted octanol–water partition coefficient (Wildman–Crippen LogP) is 0.696. The predicted molar refractivity (Wildman–Crippen MR) is 82.0 cm³/mol. The van der Waals surface area contributed by atoms with E-state index in [1.807, 2.05) is 10.9 Å². The van der Waals surface area contributed by atoms with Gasteiger partial charge in [0.15, 0.2) is 0 Å². The molecular formula is C15H23N5O2. The zero-order valence-electron chi connectivity index (χ0n) is 12.8. The lowest BCUT2D eigenvalue weighted by Crippen LogP contribution is -2.50. The van der Waals surface area contributed by atoms with Gasteiger partial charge in [-0.1, -0.05) is 0 Å². The first-order chi connectivity index (χ1) is 10.8. The average molecular weight is 305 g/mol. The van der Waals surface area contributed by atoms with Gasteiger partial charge in [0.05, 0.1) is 24.5 Å². The van der Waals surface area contributed by atoms with E-state index >= 15 is 0 Å². The van der Waals surface area contributed by atoms with E-state index in [9.17, 15) is 4.79 Å². The van der Waals surface area contributed by atoms with Gasteiger partial charge in [-0.05, 0) is 18.8 Å². The summed E-state index contributed by atoms with van der Waals surface area (Å²) in [4.78, 5) is 15.9. The summed E-state index contributed by atoms with van der Waals surface area (Å²) >= 11 is 0. The molecule has 120 valence electrons. The zero-order valence-corrected chi connectivity index (χ0v) is 12.8. The van der Waals surface area contributed by atoms with Gasteiger partial charge in [-0.2, -0.15) is 5.10 Å². The van der Waals surface area contributed by atoms with Crippen molar-refractivity contribution in [3.8, 4) is 0 Å². The molecule has 2 amide bonds. The first-order valence-corrected chi connectivity index (χ1v) is 8.19. The van der Waals surface area contributed by atoms with Crippen LogP contribution in [0.1, 0.15) is 18.9 Å². The molecule has 0 aromatic carbocycles. The van der Waals surface area contributed by atoms with Crippen molar-refractivity contribution in [3.05, 3.63) is 12.4 Å². The Kier molecular flexibility index (Phi) is 3.75. The molecule has 0 bridgehead atoms. The molecule has 0 aliphatic carbocycles. The summed E-state index contributed by atoms with van der Waals surface area (Å²) in [6.45, 7) is 6.51. The Morgan fingerprint density at radius 1 is 1.41 bits per heavy atom. The summed E-state index contributed by atoms with van der Waals surface area (Å²) < 4.78 is 7.55. The van der Waals surface area contributed by atoms with Crippen molar-refractivity contribution in [2.24, 2.45) is 5.92 Å². The minimum atomic E-state index is -0.0212. The molecule has 1 unspecified atom stereocenters. The molecule has 3 aliphatic heterocycles. The van der Waals surface area contributed by atoms with Crippen molar-refractivity contribution in [1.29, 1.82) is 0 Å². The van der Waals surface area contributed by atoms with Crippen LogP contribution >= 0.6 is 0 Å². The second kappa shape index (κ2) is 5.89. The lowest BCUT2D eigenvalue weighted by Gasteiger charge is -2.41. The van der Waals surface area contributed by atoms with Crippen molar-refractivity contribution >= 4 is 11.7 Å². The Labute approximate surface area is 130 Å². The summed E-state index contributed by atoms with van der Waals surface area (Å²) in [5, 5.41) is 7.26. The van der Waals surface area contributed by atoms with Gasteiger partial charge in [-0.3, -0.25) is 14.5 Å². The minimum absolute atomic E-state index is 0.0212. The molecule has 1 N–H and O–H groups in total. The second-order valence-electron chi connectivity index (χ2n) is 6.52. The van der Waals surface area contributed by atoms with Crippen LogP contribution in [0.5, 0.6) is 0 Å². The lowest BCUT2D eigenvalue weighted by atomic mass is 9.99. The van der Waals surface area contributed by atoms with Gasteiger partial charge in [0.25, 0.3) is 0 Å². The van der Waals surface area contributed by atoms with E-state index in [1.165, 1.54) is 12.8 Å². The number of aromatic nitrogens is 2. The molecule has 22 heavy (non-hydrogen) atoms. The molecule has 3 fully saturated rings. The standard InChI is InChI=1S/C15H23N5O2/c21-15-16-3-4-19(15)13-6-17-20(10-13)14-8-18(9-14)7-12-2-1-5-22-11-12/h6,10,12,14H,1-5,7-9,11H2,(H,16,21). The fourth-order valence-corrected chi connectivity index (χ4v) is 3.56. The molecule has 4 rings (SSSR count). The Hall–Kier alpha value is -1.60. The third-order valence-electron chi connectivity index (χ3n) is 4.84. The zero-order chi connectivity index (χ0) is 14.9. The van der Waals surface area contributed by atoms with Crippen LogP contribution < -0.4 is 10.2 Å². The van der Waals surface area contributed by atoms with Crippen molar-refractivity contribution in [2.45, 2.75) is 18.9 Å². The topological polar surface area (TPSA) is 62.6 Å². The molecule has 1 aromatic rings. The molecule has 1 atom stereocenters. The van der Waals surface area contributed by atoms with Gasteiger partial charge in [0.1, 0.15) is 0 Å². The molecule has 1 aromatic heterocycles. The number of rotatable bonds is 4. The van der Waals surface area contributed by atoms with Crippen LogP contribution in [0, 0.1) is 5.92 Å². The lowest BCUT2D eigenvalue weighted by molar-refractivity contribution is 0.0126. The highest BCUT2D eigenvalue weighted by Gasteiger charge is 2.32. The number of urea groups is 1. The van der Waals surface area contributed by atoms with E-state index in [4.69, 9.17) is 4.74 Å². The molecule has 3 aliphatic rings. The van der Waals surface area contributed by atoms with Crippen LogP contribution in [0.3, 0.4) is 0 Å². The van der Waals surface area contributed by atoms with Crippen LogP contribution in [0.4, 0.5) is 10.5 Å². The third-order valence-corrected chi connectivity index (χ3v) is 4.84. The van der Waals surface area contributed by atoms with Gasteiger partial charge < -0.3 is 10.1 Å². The van der Waals surface area contributed by atoms with Gasteiger partial charge in [-0.15, -0.1) is 0 Å². The van der Waals surface area contributed by atoms with Gasteiger partial charge in [-0.25, -0.2) is 4.79 Å². The Balaban J connectivity index is 1.29. The smallest absolute Gasteiger partial charge is 0.322 e. The molecule has 4 heterocycles. The molecular weight excluding hydrogens is 282 g/mol. The number of carbonyl (C=O) groups is 1. The number of hydrogen-bond donors (Lipinski definition) is 1. The number of ether oxygens (including phenoxy) is 1. The van der Waals surface area contributed by atoms with E-state index in [2.05, 4.69) is 15.3 Å². The van der Waals surface area contributed by atoms with E-state index < -0.39 is 0 Å². The monoisotopic (exact) mass is 305 g/mol. The summed E-state index contributed by atoms with van der Waals surface area (Å²) in [5.74, 6) is 0.691. The Bertz CT molecular complexity index is 534. The third kappa shape index (κ3) is 2.70. The molecule has 7 nitrogen and oxygen atoms in total. The number of hydrogen-bond acceptors (Lipinski definition) is 4. The van der Waals surface area contributed by atoms with Crippen LogP contribution in [0.15, 0.2) is 12.4 Å². The Morgan fingerprint density at radius 2 is 2.32 bits per heavy atom. The van der Waals surface area contributed by atoms with E-state index in [0.29, 0.717) is 18.5 Å². The van der Waals surface area contributed by atoms with Crippen molar-refractivity contribution in [3.63, 3.8) is 0 Å². The number of nitrogens with zero attached hydrogens (tertiary/aromatic N) is 4. The van der Waals surface area contributed by atoms with Crippen LogP contribution in [0.25, 0.3) is 0 Å². The number of likely N-dealkylation sites (tertiary alicyclic amines) is 1. The Morgan fingerprint density at radius 3 is 3.05 bits per heavy atom. The minimum Gasteiger partial charge on any atom is -0.381 e. The van der Waals surface area contributed by atoms with Gasteiger partial charge in [0, 0.05) is 45.5 Å². The molecule has 0 radical (unpaired) electrons. The average Bonchev–Trinajstić information content (AvgIpc) is 3.12. The number of amides is 2. The quantitative estimate of drug-likeness (QED) is 0.889. The molecule has 0 spiro atoms. The fraction of sp³-hybridized carbons (Fsp3) is 0.733. The highest BCUT2D eigenvalue weighted by molar-refractivity contribution is 5.93. The van der Waals surface area contributed by atoms with Crippen molar-refractivity contribution in [1.82, 2.24) is 20.0 Å². The second-order valence-corrected chi connectivity index (χ2v) is 6.52. The summed E-state index contributed by atoms with van der Waals surface area (Å²) in [7, 11) is 0. The molecule has 7 heteroatoms. The van der Waals surface area contributed by atoms with Crippen molar-refractivity contribution in [2.75, 3.05) is 50.8 Å². The maximum absolute atomic E-state index is 11.7. The maximum Gasteiger partial charge on any atom is 0.322 e. The van der Waals surface area contributed by atoms with E-state index in [1.54, 1.807) is 11.1 Å². The first-order valence-electron chi connectivity index (χ1n) is 8.19. The fourth-order valence-electron chi connectivity index (χ4n) is 3.56. The van der Waals surface area contributed by atoms with Crippen LogP contribution in [0.2, 0.25) is 0 Å². The SMILES string of the molecule is O=C1NCCN1c1cnn(C2CN(CC3CCCOC3)C2)c1. The van der Waals surface area contributed by atoms with Crippen LogP contribution in [-0.4, -0.2) is 66.6 Å². The highest BCUT2D eigenvalue weighted by atomic mass is 16.5. The maximum atomic E-state index is 11.7. The normalized spacial score (nSPS) is 27.0.